The number of nitrogens with zero attached hydrogens (tertiary/aromatic N) is 3. The molecule has 1 heterocycles. The zero-order chi connectivity index (χ0) is 25.3. The highest BCUT2D eigenvalue weighted by molar-refractivity contribution is 9.10. The van der Waals surface area contributed by atoms with Crippen molar-refractivity contribution in [2.24, 2.45) is 5.10 Å². The minimum atomic E-state index is -0.247. The molecular formula is C25H18Br2Cl3N3O2. The van der Waals surface area contributed by atoms with Gasteiger partial charge in [0.25, 0.3) is 5.56 Å². The number of ether oxygens (including phenoxy) is 1. The Morgan fingerprint density at radius 3 is 2.49 bits per heavy atom. The van der Waals surface area contributed by atoms with Gasteiger partial charge in [0.1, 0.15) is 12.4 Å². The molecule has 0 saturated carbocycles. The van der Waals surface area contributed by atoms with Crippen molar-refractivity contribution in [2.45, 2.75) is 26.4 Å². The predicted molar refractivity (Wildman–Crippen MR) is 151 cm³/mol. The van der Waals surface area contributed by atoms with Crippen molar-refractivity contribution in [1.29, 1.82) is 0 Å². The zero-order valence-electron chi connectivity index (χ0n) is 18.5. The normalized spacial score (nSPS) is 11.7. The van der Waals surface area contributed by atoms with E-state index in [0.29, 0.717) is 47.6 Å². The monoisotopic (exact) mass is 655 g/mol. The van der Waals surface area contributed by atoms with E-state index in [2.05, 4.69) is 41.9 Å². The van der Waals surface area contributed by atoms with Gasteiger partial charge in [-0.3, -0.25) is 4.79 Å². The Bertz CT molecular complexity index is 1500. The Kier molecular flexibility index (Phi) is 8.23. The Hall–Kier alpha value is -1.90. The van der Waals surface area contributed by atoms with Crippen LogP contribution in [0.4, 0.5) is 0 Å². The number of fused-ring (bicyclic) bond motifs is 1. The third kappa shape index (κ3) is 5.92. The molecule has 3 aromatic carbocycles. The Morgan fingerprint density at radius 1 is 1.03 bits per heavy atom. The highest BCUT2D eigenvalue weighted by Gasteiger charge is 2.14. The summed E-state index contributed by atoms with van der Waals surface area (Å²) in [6, 6.07) is 14.2. The van der Waals surface area contributed by atoms with E-state index in [4.69, 9.17) is 39.5 Å². The highest BCUT2D eigenvalue weighted by Crippen LogP contribution is 2.35. The van der Waals surface area contributed by atoms with Gasteiger partial charge in [-0.2, -0.15) is 9.78 Å². The summed E-state index contributed by atoms with van der Waals surface area (Å²) in [6.45, 7) is 4.19. The number of rotatable bonds is 6. The minimum Gasteiger partial charge on any atom is -0.486 e. The molecule has 0 amide bonds. The lowest BCUT2D eigenvalue weighted by molar-refractivity contribution is 0.304. The molecule has 0 aliphatic heterocycles. The fourth-order valence-corrected chi connectivity index (χ4v) is 5.02. The van der Waals surface area contributed by atoms with Crippen LogP contribution in [0, 0.1) is 0 Å². The van der Waals surface area contributed by atoms with Crippen molar-refractivity contribution in [2.75, 3.05) is 0 Å². The maximum Gasteiger partial charge on any atom is 0.282 e. The SMILES string of the molecule is CC(C)c1nc2ccc(Br)cc2c(=O)n1N=Cc1cc(Cl)c(OCc2ccc(Cl)c(Cl)c2)c(Br)c1. The summed E-state index contributed by atoms with van der Waals surface area (Å²) in [5, 5.41) is 6.25. The fraction of sp³-hybridized carbons (Fsp3) is 0.160. The van der Waals surface area contributed by atoms with Crippen molar-refractivity contribution in [1.82, 2.24) is 9.66 Å². The molecule has 0 aliphatic carbocycles. The van der Waals surface area contributed by atoms with E-state index < -0.39 is 0 Å². The van der Waals surface area contributed by atoms with Gasteiger partial charge in [-0.25, -0.2) is 4.98 Å². The Balaban J connectivity index is 1.64. The average molecular weight is 659 g/mol. The molecule has 10 heteroatoms. The molecule has 0 radical (unpaired) electrons. The van der Waals surface area contributed by atoms with E-state index >= 15 is 0 Å². The number of hydrogen-bond donors (Lipinski definition) is 0. The van der Waals surface area contributed by atoms with Crippen LogP contribution in [-0.4, -0.2) is 15.9 Å². The maximum atomic E-state index is 13.2. The molecule has 4 rings (SSSR count). The summed E-state index contributed by atoms with van der Waals surface area (Å²) in [4.78, 5) is 17.9. The number of aromatic nitrogens is 2. The standard InChI is InChI=1S/C25H18Br2Cl3N3O2/c1-13(2)24-32-22-6-4-16(26)10-17(22)25(34)33(24)31-11-15-7-18(27)23(21(30)9-15)35-12-14-3-5-19(28)20(29)8-14/h3-11,13H,12H2,1-2H3. The van der Waals surface area contributed by atoms with Gasteiger partial charge in [0.2, 0.25) is 0 Å². The van der Waals surface area contributed by atoms with Gasteiger partial charge in [-0.1, -0.05) is 70.6 Å². The first kappa shape index (κ1) is 26.2. The first-order valence-electron chi connectivity index (χ1n) is 10.5. The molecule has 35 heavy (non-hydrogen) atoms. The number of hydrogen-bond acceptors (Lipinski definition) is 4. The minimum absolute atomic E-state index is 0.0135. The lowest BCUT2D eigenvalue weighted by Gasteiger charge is -2.13. The molecule has 0 saturated heterocycles. The molecule has 4 aromatic rings. The quantitative estimate of drug-likeness (QED) is 0.196. The van der Waals surface area contributed by atoms with Gasteiger partial charge in [0.15, 0.2) is 5.75 Å². The molecule has 0 fully saturated rings. The third-order valence-corrected chi connectivity index (χ3v) is 7.16. The summed E-state index contributed by atoms with van der Waals surface area (Å²) >= 11 is 25.5. The third-order valence-electron chi connectivity index (χ3n) is 5.06. The molecule has 0 aliphatic rings. The van der Waals surface area contributed by atoms with Crippen LogP contribution < -0.4 is 10.3 Å². The Morgan fingerprint density at radius 2 is 1.80 bits per heavy atom. The fourth-order valence-electron chi connectivity index (χ4n) is 3.35. The largest absolute Gasteiger partial charge is 0.486 e. The van der Waals surface area contributed by atoms with Gasteiger partial charge < -0.3 is 4.74 Å². The molecule has 0 N–H and O–H groups in total. The second-order valence-corrected chi connectivity index (χ2v) is 11.0. The Labute approximate surface area is 233 Å². The van der Waals surface area contributed by atoms with Crippen molar-refractivity contribution < 1.29 is 4.74 Å². The second-order valence-electron chi connectivity index (χ2n) is 8.00. The molecule has 0 unspecified atom stereocenters. The van der Waals surface area contributed by atoms with Crippen molar-refractivity contribution in [3.8, 4) is 5.75 Å². The molecule has 0 atom stereocenters. The maximum absolute atomic E-state index is 13.2. The summed E-state index contributed by atoms with van der Waals surface area (Å²) in [5.41, 5.74) is 1.91. The van der Waals surface area contributed by atoms with Gasteiger partial charge in [0, 0.05) is 10.4 Å². The van der Waals surface area contributed by atoms with Crippen LogP contribution in [0.2, 0.25) is 15.1 Å². The number of halogens is 5. The summed E-state index contributed by atoms with van der Waals surface area (Å²) in [5.74, 6) is 1.03. The molecule has 180 valence electrons. The predicted octanol–water partition coefficient (Wildman–Crippen LogP) is 8.47. The van der Waals surface area contributed by atoms with E-state index in [0.717, 1.165) is 10.0 Å². The van der Waals surface area contributed by atoms with Crippen LogP contribution >= 0.6 is 66.7 Å². The summed E-state index contributed by atoms with van der Waals surface area (Å²) < 4.78 is 8.67. The van der Waals surface area contributed by atoms with Crippen LogP contribution in [0.25, 0.3) is 10.9 Å². The summed E-state index contributed by atoms with van der Waals surface area (Å²) in [7, 11) is 0. The average Bonchev–Trinajstić information content (AvgIpc) is 2.80. The van der Waals surface area contributed by atoms with Crippen LogP contribution in [-0.2, 0) is 6.61 Å². The molecule has 0 spiro atoms. The van der Waals surface area contributed by atoms with E-state index in [1.807, 2.05) is 38.1 Å². The van der Waals surface area contributed by atoms with Gasteiger partial charge in [-0.05, 0) is 69.5 Å². The second kappa shape index (κ2) is 11.0. The van der Waals surface area contributed by atoms with E-state index in [1.165, 1.54) is 4.68 Å². The lowest BCUT2D eigenvalue weighted by Crippen LogP contribution is -2.23. The van der Waals surface area contributed by atoms with Gasteiger partial charge in [-0.15, -0.1) is 0 Å². The van der Waals surface area contributed by atoms with Crippen LogP contribution in [0.5, 0.6) is 5.75 Å². The topological polar surface area (TPSA) is 56.5 Å². The molecule has 1 aromatic heterocycles. The molecule has 5 nitrogen and oxygen atoms in total. The van der Waals surface area contributed by atoms with Crippen molar-refractivity contribution >= 4 is 83.8 Å². The van der Waals surface area contributed by atoms with Crippen LogP contribution in [0.3, 0.4) is 0 Å². The van der Waals surface area contributed by atoms with Gasteiger partial charge in [0.05, 0.1) is 36.7 Å². The van der Waals surface area contributed by atoms with Crippen LogP contribution in [0.15, 0.2) is 67.4 Å². The van der Waals surface area contributed by atoms with E-state index in [-0.39, 0.29) is 18.1 Å². The number of benzene rings is 3. The van der Waals surface area contributed by atoms with Crippen LogP contribution in [0.1, 0.15) is 36.7 Å². The first-order valence-corrected chi connectivity index (χ1v) is 13.2. The highest BCUT2D eigenvalue weighted by atomic mass is 79.9. The van der Waals surface area contributed by atoms with Crippen molar-refractivity contribution in [3.63, 3.8) is 0 Å². The molecule has 0 bridgehead atoms. The molecular weight excluding hydrogens is 640 g/mol. The van der Waals surface area contributed by atoms with E-state index in [1.54, 1.807) is 30.5 Å². The van der Waals surface area contributed by atoms with Crippen molar-refractivity contribution in [3.05, 3.63) is 99.8 Å². The summed E-state index contributed by atoms with van der Waals surface area (Å²) in [6.07, 6.45) is 1.57. The lowest BCUT2D eigenvalue weighted by atomic mass is 10.2. The zero-order valence-corrected chi connectivity index (χ0v) is 24.0. The smallest absolute Gasteiger partial charge is 0.282 e. The van der Waals surface area contributed by atoms with Gasteiger partial charge >= 0.3 is 0 Å². The van der Waals surface area contributed by atoms with E-state index in [9.17, 15) is 4.79 Å². The first-order chi connectivity index (χ1) is 16.6.